The van der Waals surface area contributed by atoms with E-state index in [-0.39, 0.29) is 23.7 Å². The summed E-state index contributed by atoms with van der Waals surface area (Å²) in [4.78, 5) is 48.5. The van der Waals surface area contributed by atoms with Gasteiger partial charge in [-0.3, -0.25) is 19.7 Å². The molecule has 0 aromatic heterocycles. The van der Waals surface area contributed by atoms with Gasteiger partial charge in [-0.05, 0) is 60.5 Å². The van der Waals surface area contributed by atoms with Crippen molar-refractivity contribution < 1.29 is 33.2 Å². The zero-order valence-corrected chi connectivity index (χ0v) is 20.7. The van der Waals surface area contributed by atoms with Crippen molar-refractivity contribution in [3.63, 3.8) is 0 Å². The van der Waals surface area contributed by atoms with E-state index < -0.39 is 35.1 Å². The topological polar surface area (TPSA) is 140 Å². The summed E-state index contributed by atoms with van der Waals surface area (Å²) in [7, 11) is 0. The van der Waals surface area contributed by atoms with Crippen LogP contribution in [-0.4, -0.2) is 40.8 Å². The van der Waals surface area contributed by atoms with Gasteiger partial charge in [-0.15, -0.1) is 0 Å². The first-order valence-electron chi connectivity index (χ1n) is 11.8. The van der Waals surface area contributed by atoms with Gasteiger partial charge in [-0.1, -0.05) is 18.2 Å². The van der Waals surface area contributed by atoms with Crippen molar-refractivity contribution in [3.8, 4) is 11.5 Å². The number of urea groups is 1. The van der Waals surface area contributed by atoms with Gasteiger partial charge in [0.1, 0.15) is 24.7 Å². The number of nitrogens with one attached hydrogen (secondary N) is 2. The lowest BCUT2D eigenvalue weighted by molar-refractivity contribution is -0.384. The van der Waals surface area contributed by atoms with Crippen LogP contribution in [0.1, 0.15) is 18.1 Å². The summed E-state index contributed by atoms with van der Waals surface area (Å²) in [5.74, 6) is -1.32. The van der Waals surface area contributed by atoms with Crippen LogP contribution in [-0.2, 0) is 16.2 Å². The molecule has 3 aromatic rings. The largest absolute Gasteiger partial charge is 0.490 e. The van der Waals surface area contributed by atoms with Crippen molar-refractivity contribution in [1.29, 1.82) is 0 Å². The molecule has 0 unspecified atom stereocenters. The molecular formula is C27H23FN4O7. The summed E-state index contributed by atoms with van der Waals surface area (Å²) in [6.07, 6.45) is 1.43. The summed E-state index contributed by atoms with van der Waals surface area (Å²) >= 11 is 0. The minimum Gasteiger partial charge on any atom is -0.490 e. The molecule has 200 valence electrons. The Morgan fingerprint density at radius 1 is 1.08 bits per heavy atom. The van der Waals surface area contributed by atoms with Gasteiger partial charge in [-0.2, -0.15) is 0 Å². The van der Waals surface area contributed by atoms with Crippen LogP contribution in [0.4, 0.5) is 20.6 Å². The van der Waals surface area contributed by atoms with E-state index in [2.05, 4.69) is 10.6 Å². The number of para-hydroxylation sites is 1. The molecule has 12 heteroatoms. The monoisotopic (exact) mass is 534 g/mol. The summed E-state index contributed by atoms with van der Waals surface area (Å²) in [6.45, 7) is 1.65. The molecule has 0 bridgehead atoms. The van der Waals surface area contributed by atoms with Crippen molar-refractivity contribution in [2.45, 2.75) is 13.5 Å². The van der Waals surface area contributed by atoms with E-state index in [1.165, 1.54) is 42.5 Å². The fourth-order valence-electron chi connectivity index (χ4n) is 3.65. The summed E-state index contributed by atoms with van der Waals surface area (Å²) in [6, 6.07) is 15.6. The molecule has 39 heavy (non-hydrogen) atoms. The van der Waals surface area contributed by atoms with E-state index in [0.717, 1.165) is 0 Å². The van der Waals surface area contributed by atoms with Gasteiger partial charge < -0.3 is 20.1 Å². The minimum absolute atomic E-state index is 0.0241. The second-order valence-corrected chi connectivity index (χ2v) is 8.26. The van der Waals surface area contributed by atoms with Gasteiger partial charge in [-0.25, -0.2) is 14.1 Å². The molecule has 0 saturated carbocycles. The predicted octanol–water partition coefficient (Wildman–Crippen LogP) is 4.24. The quantitative estimate of drug-likeness (QED) is 0.172. The van der Waals surface area contributed by atoms with Crippen LogP contribution in [0, 0.1) is 15.9 Å². The number of nitrogens with zero attached hydrogens (tertiary/aromatic N) is 2. The Morgan fingerprint density at radius 3 is 2.51 bits per heavy atom. The highest BCUT2D eigenvalue weighted by Crippen LogP contribution is 2.30. The fraction of sp³-hybridized carbons (Fsp3) is 0.148. The number of non-ortho nitro benzene ring substituents is 1. The smallest absolute Gasteiger partial charge is 0.329 e. The van der Waals surface area contributed by atoms with Crippen molar-refractivity contribution in [3.05, 3.63) is 99.5 Å². The lowest BCUT2D eigenvalue weighted by Gasteiger charge is -2.13. The third-order valence-electron chi connectivity index (χ3n) is 5.53. The normalized spacial score (nSPS) is 13.8. The number of imide groups is 1. The molecule has 3 aromatic carbocycles. The molecule has 0 spiro atoms. The molecule has 1 fully saturated rings. The average molecular weight is 535 g/mol. The van der Waals surface area contributed by atoms with E-state index in [1.807, 2.05) is 0 Å². The maximum Gasteiger partial charge on any atom is 0.329 e. The molecule has 1 aliphatic rings. The maximum atomic E-state index is 13.8. The molecular weight excluding hydrogens is 511 g/mol. The van der Waals surface area contributed by atoms with Crippen molar-refractivity contribution in [1.82, 2.24) is 10.2 Å². The number of benzene rings is 3. The van der Waals surface area contributed by atoms with Crippen LogP contribution in [0.25, 0.3) is 6.08 Å². The second-order valence-electron chi connectivity index (χ2n) is 8.26. The van der Waals surface area contributed by atoms with Crippen LogP contribution in [0.5, 0.6) is 11.5 Å². The first kappa shape index (κ1) is 26.8. The molecule has 1 heterocycles. The predicted molar refractivity (Wildman–Crippen MR) is 138 cm³/mol. The number of hydrogen-bond acceptors (Lipinski definition) is 7. The molecule has 4 rings (SSSR count). The molecule has 1 saturated heterocycles. The third kappa shape index (κ3) is 6.55. The van der Waals surface area contributed by atoms with Gasteiger partial charge in [0.15, 0.2) is 11.5 Å². The van der Waals surface area contributed by atoms with E-state index in [1.54, 1.807) is 37.3 Å². The van der Waals surface area contributed by atoms with Gasteiger partial charge in [0.05, 0.1) is 17.2 Å². The molecule has 0 atom stereocenters. The van der Waals surface area contributed by atoms with Crippen LogP contribution < -0.4 is 20.1 Å². The van der Waals surface area contributed by atoms with Gasteiger partial charge in [0, 0.05) is 12.1 Å². The van der Waals surface area contributed by atoms with E-state index >= 15 is 0 Å². The highest BCUT2D eigenvalue weighted by atomic mass is 19.1. The number of hydrogen-bond donors (Lipinski definition) is 2. The number of amides is 4. The third-order valence-corrected chi connectivity index (χ3v) is 5.53. The first-order chi connectivity index (χ1) is 18.7. The van der Waals surface area contributed by atoms with Gasteiger partial charge in [0.25, 0.3) is 11.6 Å². The van der Waals surface area contributed by atoms with Crippen LogP contribution in [0.3, 0.4) is 0 Å². The van der Waals surface area contributed by atoms with Gasteiger partial charge >= 0.3 is 6.03 Å². The Kier molecular flexibility index (Phi) is 8.15. The Morgan fingerprint density at radius 2 is 1.82 bits per heavy atom. The zero-order valence-electron chi connectivity index (χ0n) is 20.7. The second kappa shape index (κ2) is 11.9. The lowest BCUT2D eigenvalue weighted by Crippen LogP contribution is -2.38. The SMILES string of the molecule is CCOc1cc(/C=C2/NC(=O)N(CC(=O)Nc3ccccc3F)C2=O)ccc1OCc1ccc([N+](=O)[O-])cc1. The molecule has 0 radical (unpaired) electrons. The number of ether oxygens (including phenoxy) is 2. The zero-order chi connectivity index (χ0) is 27.9. The van der Waals surface area contributed by atoms with Crippen LogP contribution >= 0.6 is 0 Å². The van der Waals surface area contributed by atoms with Gasteiger partial charge in [0.2, 0.25) is 5.91 Å². The number of halogens is 1. The summed E-state index contributed by atoms with van der Waals surface area (Å²) < 4.78 is 25.3. The van der Waals surface area contributed by atoms with E-state index in [9.17, 15) is 28.9 Å². The number of nitro groups is 1. The van der Waals surface area contributed by atoms with E-state index in [4.69, 9.17) is 9.47 Å². The Balaban J connectivity index is 1.44. The first-order valence-corrected chi connectivity index (χ1v) is 11.8. The Hall–Kier alpha value is -5.26. The molecule has 4 amide bonds. The van der Waals surface area contributed by atoms with Crippen LogP contribution in [0.15, 0.2) is 72.4 Å². The summed E-state index contributed by atoms with van der Waals surface area (Å²) in [5, 5.41) is 15.6. The lowest BCUT2D eigenvalue weighted by atomic mass is 10.1. The molecule has 11 nitrogen and oxygen atoms in total. The van der Waals surface area contributed by atoms with Crippen molar-refractivity contribution >= 4 is 35.3 Å². The molecule has 0 aliphatic carbocycles. The maximum absolute atomic E-state index is 13.8. The van der Waals surface area contributed by atoms with Crippen molar-refractivity contribution in [2.24, 2.45) is 0 Å². The molecule has 1 aliphatic heterocycles. The fourth-order valence-corrected chi connectivity index (χ4v) is 3.65. The average Bonchev–Trinajstić information content (AvgIpc) is 3.17. The number of rotatable bonds is 10. The Labute approximate surface area is 222 Å². The number of nitro benzene ring substituents is 1. The van der Waals surface area contributed by atoms with Crippen molar-refractivity contribution in [2.75, 3.05) is 18.5 Å². The standard InChI is InChI=1S/C27H23FN4O7/c1-2-38-24-14-18(9-12-23(24)39-16-17-7-10-19(11-8-17)32(36)37)13-22-26(34)31(27(35)30-22)15-25(33)29-21-6-4-3-5-20(21)28/h3-14H,2,15-16H2,1H3,(H,29,33)(H,30,35)/b22-13+. The van der Waals surface area contributed by atoms with E-state index in [0.29, 0.717) is 34.1 Å². The number of anilines is 1. The Bertz CT molecular complexity index is 1460. The summed E-state index contributed by atoms with van der Waals surface area (Å²) in [5.41, 5.74) is 1.09. The highest BCUT2D eigenvalue weighted by molar-refractivity contribution is 6.16. The number of carbonyl (C=O) groups is 3. The minimum atomic E-state index is -0.789. The molecule has 2 N–H and O–H groups in total. The highest BCUT2D eigenvalue weighted by Gasteiger charge is 2.35. The van der Waals surface area contributed by atoms with Crippen LogP contribution in [0.2, 0.25) is 0 Å². The number of carbonyl (C=O) groups excluding carboxylic acids is 3.